The molecule has 1 aromatic carbocycles. The van der Waals surface area contributed by atoms with Gasteiger partial charge in [-0.1, -0.05) is 18.2 Å². The minimum Gasteiger partial charge on any atom is -0.380 e. The van der Waals surface area contributed by atoms with E-state index in [1.54, 1.807) is 13.4 Å². The standard InChI is InChI=1S/C18H21N5O2/c1-22-11-19-21-17(22)16-8-14(25-2)10-23(16)9-13-7-12-5-3-4-6-15(12)20-18(13)24/h3-7,11,14,16H,8-10H2,1-2H3,(H,20,24)/t14-,16+/m1/s1. The van der Waals surface area contributed by atoms with Crippen molar-refractivity contribution in [2.75, 3.05) is 13.7 Å². The fraction of sp³-hybridized carbons (Fsp3) is 0.389. The van der Waals surface area contributed by atoms with Crippen LogP contribution in [0.15, 0.2) is 41.5 Å². The summed E-state index contributed by atoms with van der Waals surface area (Å²) in [5.74, 6) is 0.900. The lowest BCUT2D eigenvalue weighted by atomic mass is 10.1. The fourth-order valence-electron chi connectivity index (χ4n) is 3.60. The SMILES string of the molecule is CO[C@@H]1C[C@@H](c2nncn2C)N(Cc2cc3ccccc3[nH]c2=O)C1. The molecule has 0 saturated carbocycles. The zero-order chi connectivity index (χ0) is 17.4. The van der Waals surface area contributed by atoms with Crippen molar-refractivity contribution in [2.24, 2.45) is 7.05 Å². The number of benzene rings is 1. The van der Waals surface area contributed by atoms with Gasteiger partial charge in [0.1, 0.15) is 12.2 Å². The Kier molecular flexibility index (Phi) is 4.10. The van der Waals surface area contributed by atoms with Crippen LogP contribution in [0.1, 0.15) is 23.9 Å². The van der Waals surface area contributed by atoms with Gasteiger partial charge in [0, 0.05) is 38.3 Å². The van der Waals surface area contributed by atoms with Gasteiger partial charge in [0.2, 0.25) is 0 Å². The molecule has 1 N–H and O–H groups in total. The average molecular weight is 339 g/mol. The number of nitrogens with zero attached hydrogens (tertiary/aromatic N) is 4. The third-order valence-corrected chi connectivity index (χ3v) is 4.95. The molecule has 0 unspecified atom stereocenters. The van der Waals surface area contributed by atoms with Crippen LogP contribution in [0.3, 0.4) is 0 Å². The van der Waals surface area contributed by atoms with Gasteiger partial charge < -0.3 is 14.3 Å². The topological polar surface area (TPSA) is 76.0 Å². The van der Waals surface area contributed by atoms with Gasteiger partial charge in [0.05, 0.1) is 12.1 Å². The molecule has 0 radical (unpaired) electrons. The molecule has 0 amide bonds. The van der Waals surface area contributed by atoms with Gasteiger partial charge in [0.15, 0.2) is 0 Å². The van der Waals surface area contributed by atoms with Gasteiger partial charge >= 0.3 is 0 Å². The number of fused-ring (bicyclic) bond motifs is 1. The highest BCUT2D eigenvalue weighted by atomic mass is 16.5. The molecule has 1 fully saturated rings. The highest BCUT2D eigenvalue weighted by Crippen LogP contribution is 2.33. The number of likely N-dealkylation sites (tertiary alicyclic amines) is 1. The highest BCUT2D eigenvalue weighted by Gasteiger charge is 2.36. The molecular weight excluding hydrogens is 318 g/mol. The van der Waals surface area contributed by atoms with Crippen LogP contribution in [0, 0.1) is 0 Å². The number of rotatable bonds is 4. The monoisotopic (exact) mass is 339 g/mol. The summed E-state index contributed by atoms with van der Waals surface area (Å²) in [7, 11) is 3.67. The molecule has 7 nitrogen and oxygen atoms in total. The second kappa shape index (κ2) is 6.42. The first-order chi connectivity index (χ1) is 12.2. The number of aromatic amines is 1. The minimum absolute atomic E-state index is 0.0451. The van der Waals surface area contributed by atoms with E-state index in [-0.39, 0.29) is 17.7 Å². The van der Waals surface area contributed by atoms with Crippen molar-refractivity contribution in [1.29, 1.82) is 0 Å². The van der Waals surface area contributed by atoms with Crippen molar-refractivity contribution >= 4 is 10.9 Å². The molecule has 0 spiro atoms. The van der Waals surface area contributed by atoms with E-state index in [1.807, 2.05) is 41.9 Å². The minimum atomic E-state index is -0.0451. The largest absolute Gasteiger partial charge is 0.380 e. The molecule has 0 aliphatic carbocycles. The average Bonchev–Trinajstić information content (AvgIpc) is 3.21. The Morgan fingerprint density at radius 2 is 2.20 bits per heavy atom. The Balaban J connectivity index is 1.67. The van der Waals surface area contributed by atoms with E-state index in [0.717, 1.165) is 35.3 Å². The summed E-state index contributed by atoms with van der Waals surface area (Å²) < 4.78 is 7.49. The maximum absolute atomic E-state index is 12.5. The summed E-state index contributed by atoms with van der Waals surface area (Å²) >= 11 is 0. The molecule has 7 heteroatoms. The Hall–Kier alpha value is -2.51. The fourth-order valence-corrected chi connectivity index (χ4v) is 3.60. The van der Waals surface area contributed by atoms with Gasteiger partial charge in [-0.05, 0) is 23.9 Å². The quantitative estimate of drug-likeness (QED) is 0.782. The zero-order valence-corrected chi connectivity index (χ0v) is 14.3. The number of nitrogens with one attached hydrogen (secondary N) is 1. The van der Waals surface area contributed by atoms with Crippen molar-refractivity contribution in [3.8, 4) is 0 Å². The van der Waals surface area contributed by atoms with E-state index in [0.29, 0.717) is 6.54 Å². The summed E-state index contributed by atoms with van der Waals surface area (Å²) in [6.45, 7) is 1.32. The van der Waals surface area contributed by atoms with Gasteiger partial charge in [-0.25, -0.2) is 0 Å². The van der Waals surface area contributed by atoms with Gasteiger partial charge in [0.25, 0.3) is 5.56 Å². The lowest BCUT2D eigenvalue weighted by Crippen LogP contribution is -2.29. The third kappa shape index (κ3) is 2.96. The molecule has 2 atom stereocenters. The van der Waals surface area contributed by atoms with Crippen LogP contribution in [0.5, 0.6) is 0 Å². The number of hydrogen-bond acceptors (Lipinski definition) is 5. The lowest BCUT2D eigenvalue weighted by Gasteiger charge is -2.23. The van der Waals surface area contributed by atoms with Crippen LogP contribution in [0.25, 0.3) is 10.9 Å². The predicted octanol–water partition coefficient (Wildman–Crippen LogP) is 1.62. The van der Waals surface area contributed by atoms with Crippen molar-refractivity contribution in [3.63, 3.8) is 0 Å². The molecule has 25 heavy (non-hydrogen) atoms. The zero-order valence-electron chi connectivity index (χ0n) is 14.3. The molecule has 0 bridgehead atoms. The third-order valence-electron chi connectivity index (χ3n) is 4.95. The maximum Gasteiger partial charge on any atom is 0.252 e. The summed E-state index contributed by atoms with van der Waals surface area (Å²) in [5, 5.41) is 9.29. The van der Waals surface area contributed by atoms with E-state index in [2.05, 4.69) is 20.1 Å². The lowest BCUT2D eigenvalue weighted by molar-refractivity contribution is 0.107. The smallest absolute Gasteiger partial charge is 0.252 e. The molecule has 1 aliphatic rings. The second-order valence-corrected chi connectivity index (χ2v) is 6.55. The second-order valence-electron chi connectivity index (χ2n) is 6.55. The number of pyridine rings is 1. The van der Waals surface area contributed by atoms with Gasteiger partial charge in [-0.2, -0.15) is 0 Å². The van der Waals surface area contributed by atoms with E-state index >= 15 is 0 Å². The Morgan fingerprint density at radius 3 is 2.96 bits per heavy atom. The first-order valence-corrected chi connectivity index (χ1v) is 8.37. The van der Waals surface area contributed by atoms with Crippen LogP contribution in [0.2, 0.25) is 0 Å². The number of aromatic nitrogens is 4. The summed E-state index contributed by atoms with van der Waals surface area (Å²) in [5.41, 5.74) is 1.57. The maximum atomic E-state index is 12.5. The van der Waals surface area contributed by atoms with E-state index in [1.165, 1.54) is 0 Å². The molecule has 2 aromatic heterocycles. The number of methoxy groups -OCH3 is 1. The van der Waals surface area contributed by atoms with Crippen LogP contribution < -0.4 is 5.56 Å². The number of aryl methyl sites for hydroxylation is 1. The van der Waals surface area contributed by atoms with Crippen molar-refractivity contribution in [1.82, 2.24) is 24.6 Å². The highest BCUT2D eigenvalue weighted by molar-refractivity contribution is 5.78. The van der Waals surface area contributed by atoms with Gasteiger partial charge in [-0.3, -0.25) is 9.69 Å². The van der Waals surface area contributed by atoms with E-state index in [4.69, 9.17) is 4.74 Å². The van der Waals surface area contributed by atoms with Crippen molar-refractivity contribution in [2.45, 2.75) is 25.1 Å². The molecule has 1 saturated heterocycles. The van der Waals surface area contributed by atoms with Crippen LogP contribution >= 0.6 is 0 Å². The van der Waals surface area contributed by atoms with Crippen molar-refractivity contribution in [3.05, 3.63) is 58.4 Å². The summed E-state index contributed by atoms with van der Waals surface area (Å²) in [6, 6.07) is 9.89. The molecule has 3 heterocycles. The Bertz CT molecular complexity index is 948. The van der Waals surface area contributed by atoms with Crippen LogP contribution in [-0.4, -0.2) is 44.4 Å². The van der Waals surface area contributed by atoms with E-state index < -0.39 is 0 Å². The Labute approximate surface area is 145 Å². The molecular formula is C18H21N5O2. The summed E-state index contributed by atoms with van der Waals surface area (Å²) in [4.78, 5) is 17.7. The van der Waals surface area contributed by atoms with E-state index in [9.17, 15) is 4.79 Å². The summed E-state index contributed by atoms with van der Waals surface area (Å²) in [6.07, 6.45) is 2.67. The number of ether oxygens (including phenoxy) is 1. The first-order valence-electron chi connectivity index (χ1n) is 8.37. The van der Waals surface area contributed by atoms with Crippen molar-refractivity contribution < 1.29 is 4.74 Å². The first kappa shape index (κ1) is 16.0. The Morgan fingerprint density at radius 1 is 1.36 bits per heavy atom. The number of H-pyrrole nitrogens is 1. The van der Waals surface area contributed by atoms with Crippen LogP contribution in [-0.2, 0) is 18.3 Å². The molecule has 3 aromatic rings. The number of para-hydroxylation sites is 1. The normalized spacial score (nSPS) is 21.2. The number of hydrogen-bond donors (Lipinski definition) is 1. The molecule has 1 aliphatic heterocycles. The molecule has 4 rings (SSSR count). The predicted molar refractivity (Wildman–Crippen MR) is 94.1 cm³/mol. The van der Waals surface area contributed by atoms with Gasteiger partial charge in [-0.15, -0.1) is 10.2 Å². The molecule has 130 valence electrons. The van der Waals surface area contributed by atoms with Crippen LogP contribution in [0.4, 0.5) is 0 Å².